The Morgan fingerprint density at radius 2 is 1.54 bits per heavy atom. The predicted octanol–water partition coefficient (Wildman–Crippen LogP) is 2.59. The molecule has 0 unspecified atom stereocenters. The Bertz CT molecular complexity index is 1110. The number of carbonyl (C=O) groups is 1. The van der Waals surface area contributed by atoms with Gasteiger partial charge in [-0.25, -0.2) is 8.98 Å². The van der Waals surface area contributed by atoms with Gasteiger partial charge in [0.05, 0.1) is 13.2 Å². The van der Waals surface area contributed by atoms with Crippen LogP contribution in [-0.4, -0.2) is 55.8 Å². The maximum Gasteiger partial charge on any atom is 0.523 e. The second-order valence-corrected chi connectivity index (χ2v) is 8.99. The predicted molar refractivity (Wildman–Crippen MR) is 112 cm³/mol. The van der Waals surface area contributed by atoms with E-state index < -0.39 is 57.5 Å². The number of halogens is 3. The van der Waals surface area contributed by atoms with E-state index in [1.165, 1.54) is 0 Å². The van der Waals surface area contributed by atoms with Gasteiger partial charge in [0, 0.05) is 4.92 Å². The third-order valence-corrected chi connectivity index (χ3v) is 5.94. The fraction of sp³-hybridized carbons (Fsp3) is 0.381. The van der Waals surface area contributed by atoms with Gasteiger partial charge >= 0.3 is 21.6 Å². The molecule has 0 amide bonds. The van der Waals surface area contributed by atoms with E-state index in [2.05, 4.69) is 4.18 Å². The fourth-order valence-electron chi connectivity index (χ4n) is 3.27. The number of cyclic esters (lactones) is 1. The molecule has 1 heterocycles. The summed E-state index contributed by atoms with van der Waals surface area (Å²) in [5, 5.41) is 11.3. The highest BCUT2D eigenvalue weighted by Crippen LogP contribution is 2.33. The van der Waals surface area contributed by atoms with Crippen molar-refractivity contribution < 1.29 is 49.7 Å². The summed E-state index contributed by atoms with van der Waals surface area (Å²) in [4.78, 5) is 22.9. The van der Waals surface area contributed by atoms with Crippen molar-refractivity contribution in [2.75, 3.05) is 6.54 Å². The zero-order valence-electron chi connectivity index (χ0n) is 17.9. The summed E-state index contributed by atoms with van der Waals surface area (Å²) in [6, 6.07) is 16.6. The second-order valence-electron chi connectivity index (χ2n) is 7.43. The van der Waals surface area contributed by atoms with Crippen molar-refractivity contribution in [1.29, 1.82) is 0 Å². The van der Waals surface area contributed by atoms with Crippen LogP contribution in [0.1, 0.15) is 11.1 Å². The third-order valence-electron chi connectivity index (χ3n) is 4.91. The molecule has 1 aliphatic rings. The topological polar surface area (TPSA) is 131 Å². The van der Waals surface area contributed by atoms with Crippen molar-refractivity contribution in [3.05, 3.63) is 81.9 Å². The van der Waals surface area contributed by atoms with Crippen molar-refractivity contribution in [2.24, 2.45) is 0 Å². The quantitative estimate of drug-likeness (QED) is 0.144. The first-order valence-electron chi connectivity index (χ1n) is 10.1. The minimum atomic E-state index is -6.21. The molecule has 190 valence electrons. The second kappa shape index (κ2) is 11.1. The number of alkyl halides is 3. The highest BCUT2D eigenvalue weighted by atomic mass is 32.2. The van der Waals surface area contributed by atoms with E-state index >= 15 is 0 Å². The lowest BCUT2D eigenvalue weighted by molar-refractivity contribution is -0.495. The zero-order chi connectivity index (χ0) is 25.6. The van der Waals surface area contributed by atoms with Crippen molar-refractivity contribution in [1.82, 2.24) is 0 Å². The zero-order valence-corrected chi connectivity index (χ0v) is 18.7. The van der Waals surface area contributed by atoms with Crippen molar-refractivity contribution >= 4 is 16.1 Å². The first kappa shape index (κ1) is 26.5. The Kier molecular flexibility index (Phi) is 8.43. The van der Waals surface area contributed by atoms with Crippen molar-refractivity contribution in [3.8, 4) is 0 Å². The molecule has 10 nitrogen and oxygen atoms in total. The Morgan fingerprint density at radius 1 is 1.00 bits per heavy atom. The van der Waals surface area contributed by atoms with Crippen LogP contribution in [0.15, 0.2) is 60.7 Å². The normalized spacial score (nSPS) is 21.5. The molecule has 0 N–H and O–H groups in total. The monoisotopic (exact) mass is 519 g/mol. The van der Waals surface area contributed by atoms with Crippen molar-refractivity contribution in [3.63, 3.8) is 0 Å². The van der Waals surface area contributed by atoms with Gasteiger partial charge in [-0.05, 0) is 11.1 Å². The van der Waals surface area contributed by atoms with Gasteiger partial charge in [-0.2, -0.15) is 21.6 Å². The lowest BCUT2D eigenvalue weighted by Crippen LogP contribution is -2.46. The van der Waals surface area contributed by atoms with Crippen LogP contribution < -0.4 is 0 Å². The van der Waals surface area contributed by atoms with Gasteiger partial charge in [0.2, 0.25) is 12.6 Å². The molecule has 14 heteroatoms. The molecule has 0 aliphatic carbocycles. The molecule has 35 heavy (non-hydrogen) atoms. The summed E-state index contributed by atoms with van der Waals surface area (Å²) in [5.41, 5.74) is -4.68. The summed E-state index contributed by atoms with van der Waals surface area (Å²) in [6.07, 6.45) is -7.24. The van der Waals surface area contributed by atoms with Gasteiger partial charge in [0.25, 0.3) is 0 Å². The van der Waals surface area contributed by atoms with Gasteiger partial charge in [0.15, 0.2) is 12.2 Å². The van der Waals surface area contributed by atoms with Crippen LogP contribution in [-0.2, 0) is 46.5 Å². The molecule has 1 aliphatic heterocycles. The maximum absolute atomic E-state index is 12.9. The average Bonchev–Trinajstić information content (AvgIpc) is 3.10. The van der Waals surface area contributed by atoms with E-state index in [4.69, 9.17) is 14.2 Å². The summed E-state index contributed by atoms with van der Waals surface area (Å²) in [5.74, 6) is -1.49. The Hall–Kier alpha value is -3.07. The van der Waals surface area contributed by atoms with E-state index in [1.807, 2.05) is 0 Å². The molecule has 2 aromatic rings. The number of esters is 1. The van der Waals surface area contributed by atoms with Gasteiger partial charge < -0.3 is 14.2 Å². The lowest BCUT2D eigenvalue weighted by atomic mass is 10.1. The minimum absolute atomic E-state index is 0.162. The molecule has 0 spiro atoms. The highest BCUT2D eigenvalue weighted by molar-refractivity contribution is 7.87. The molecule has 0 radical (unpaired) electrons. The standard InChI is InChI=1S/C21H20F3NO9S/c22-21(23,24)35(29,30)34-19-18(32-13-15-9-5-2-6-10-15)17(33-20(19)26)16(11-25(27)28)31-12-14-7-3-1-4-8-14/h1-10,16-19H,11-13H2/t16-,17-,18+,19-/m1/s1. The van der Waals surface area contributed by atoms with E-state index in [0.717, 1.165) is 0 Å². The smallest absolute Gasteiger partial charge is 0.454 e. The lowest BCUT2D eigenvalue weighted by Gasteiger charge is -2.26. The molecule has 2 aromatic carbocycles. The average molecular weight is 519 g/mol. The number of nitrogens with zero attached hydrogens (tertiary/aromatic N) is 1. The Labute approximate surface area is 197 Å². The highest BCUT2D eigenvalue weighted by Gasteiger charge is 2.57. The van der Waals surface area contributed by atoms with Crippen LogP contribution in [0.4, 0.5) is 13.2 Å². The summed E-state index contributed by atoms with van der Waals surface area (Å²) in [6.45, 7) is -1.35. The van der Waals surface area contributed by atoms with Crippen LogP contribution in [0.2, 0.25) is 0 Å². The van der Waals surface area contributed by atoms with Crippen LogP contribution in [0.5, 0.6) is 0 Å². The maximum atomic E-state index is 12.9. The minimum Gasteiger partial charge on any atom is -0.454 e. The molecule has 1 fully saturated rings. The summed E-state index contributed by atoms with van der Waals surface area (Å²) in [7, 11) is -6.21. The van der Waals surface area contributed by atoms with Gasteiger partial charge in [0.1, 0.15) is 6.10 Å². The number of hydrogen-bond donors (Lipinski definition) is 0. The number of carbonyl (C=O) groups excluding carboxylic acids is 1. The summed E-state index contributed by atoms with van der Waals surface area (Å²) >= 11 is 0. The van der Waals surface area contributed by atoms with Crippen molar-refractivity contribution in [2.45, 2.75) is 43.1 Å². The summed E-state index contributed by atoms with van der Waals surface area (Å²) < 4.78 is 82.2. The van der Waals surface area contributed by atoms with Crippen LogP contribution >= 0.6 is 0 Å². The van der Waals surface area contributed by atoms with E-state index in [-0.39, 0.29) is 13.2 Å². The van der Waals surface area contributed by atoms with Gasteiger partial charge in [-0.1, -0.05) is 60.7 Å². The number of hydrogen-bond acceptors (Lipinski definition) is 9. The fourth-order valence-corrected chi connectivity index (χ4v) is 3.84. The van der Waals surface area contributed by atoms with Crippen LogP contribution in [0, 0.1) is 10.1 Å². The SMILES string of the molecule is O=C1O[C@H]([C@@H](C[N+](=O)[O-])OCc2ccccc2)[C@H](OCc2ccccc2)[C@H]1OS(=O)(=O)C(F)(F)F. The number of benzene rings is 2. The molecule has 0 aromatic heterocycles. The van der Waals surface area contributed by atoms with Gasteiger partial charge in [-0.3, -0.25) is 10.1 Å². The van der Waals surface area contributed by atoms with Crippen LogP contribution in [0.25, 0.3) is 0 Å². The molecular formula is C21H20F3NO9S. The largest absolute Gasteiger partial charge is 0.523 e. The first-order valence-corrected chi connectivity index (χ1v) is 11.5. The Balaban J connectivity index is 1.88. The molecule has 3 rings (SSSR count). The van der Waals surface area contributed by atoms with E-state index in [0.29, 0.717) is 11.1 Å². The Morgan fingerprint density at radius 3 is 2.06 bits per heavy atom. The third kappa shape index (κ3) is 6.97. The molecule has 1 saturated heterocycles. The van der Waals surface area contributed by atoms with E-state index in [9.17, 15) is 36.5 Å². The first-order chi connectivity index (χ1) is 16.5. The number of ether oxygens (including phenoxy) is 3. The van der Waals surface area contributed by atoms with Crippen LogP contribution in [0.3, 0.4) is 0 Å². The molecule has 0 bridgehead atoms. The molecule has 4 atom stereocenters. The molecular weight excluding hydrogens is 499 g/mol. The van der Waals surface area contributed by atoms with E-state index in [1.54, 1.807) is 60.7 Å². The molecule has 0 saturated carbocycles. The number of rotatable bonds is 11. The number of nitro groups is 1. The van der Waals surface area contributed by atoms with Gasteiger partial charge in [-0.15, -0.1) is 0 Å².